The van der Waals surface area contributed by atoms with Crippen molar-refractivity contribution in [3.63, 3.8) is 0 Å². The average molecular weight is 611 g/mol. The molecule has 0 aromatic heterocycles. The van der Waals surface area contributed by atoms with Gasteiger partial charge in [0.05, 0.1) is 46.0 Å². The van der Waals surface area contributed by atoms with E-state index in [-0.39, 0.29) is 40.5 Å². The smallest absolute Gasteiger partial charge is 0.204 e. The van der Waals surface area contributed by atoms with Gasteiger partial charge in [0.25, 0.3) is 0 Å². The van der Waals surface area contributed by atoms with Crippen LogP contribution >= 0.6 is 0 Å². The van der Waals surface area contributed by atoms with Crippen LogP contribution in [0.3, 0.4) is 0 Å². The largest absolute Gasteiger partial charge is 0.508 e. The number of fused-ring (bicyclic) bond motifs is 1. The van der Waals surface area contributed by atoms with Crippen molar-refractivity contribution < 1.29 is 74.1 Å². The fourth-order valence-corrected chi connectivity index (χ4v) is 5.59. The zero-order chi connectivity index (χ0) is 31.2. The van der Waals surface area contributed by atoms with Crippen molar-refractivity contribution in [3.05, 3.63) is 41.0 Å². The topological polar surface area (TPSA) is 234 Å². The van der Waals surface area contributed by atoms with E-state index < -0.39 is 86.0 Å². The second-order valence-corrected chi connectivity index (χ2v) is 10.6. The van der Waals surface area contributed by atoms with Crippen molar-refractivity contribution in [2.24, 2.45) is 0 Å². The Morgan fingerprint density at radius 1 is 1.00 bits per heavy atom. The van der Waals surface area contributed by atoms with E-state index in [2.05, 4.69) is 0 Å². The summed E-state index contributed by atoms with van der Waals surface area (Å²) in [6, 6.07) is 5.91. The second kappa shape index (κ2) is 12.0. The van der Waals surface area contributed by atoms with E-state index in [9.17, 15) is 45.6 Å². The van der Waals surface area contributed by atoms with Crippen molar-refractivity contribution in [3.8, 4) is 28.7 Å². The Hall–Kier alpha value is -3.25. The first-order valence-corrected chi connectivity index (χ1v) is 13.4. The number of aromatic hydroxyl groups is 2. The molecule has 0 amide bonds. The number of hydrogen-bond donors (Lipinski definition) is 8. The molecule has 0 bridgehead atoms. The molecule has 2 aromatic carbocycles. The maximum atomic E-state index is 13.5. The number of methoxy groups -OCH3 is 2. The third-order valence-corrected chi connectivity index (χ3v) is 7.98. The Bertz CT molecular complexity index is 1330. The molecule has 0 saturated carbocycles. The number of aliphatic hydroxyl groups excluding tert-OH is 5. The minimum absolute atomic E-state index is 0.0152. The number of phenolic OH excluding ortho intramolecular Hbond substituents is 2. The SMILES string of the molecule is COc1c(O)c2c(c([C@H]3O[C@H](CO)[C@@H](O)[C@H](O)[C@H]3O[C@H]3OC[C@](O)(CO)[C@H]3O)c1OC)O[C@@H](c1ccc(O)cc1)CC2=O. The standard InChI is InChI=1S/C28H34O15/c1-38-22-17(21-16(19(34)24(22)39-2)13(32)7-14(41-21)11-3-5-12(31)6-4-11)23-25(20(35)18(33)15(8-29)42-23)43-27-26(36)28(37,9-30)10-40-27/h3-6,14-15,18,20,23,25-27,29-31,33-37H,7-10H2,1-2H3/t14-,15-,18-,20+,23-,25-,26+,27-,28-/m1/s1. The van der Waals surface area contributed by atoms with Crippen LogP contribution in [0.4, 0.5) is 0 Å². The molecule has 236 valence electrons. The molecule has 9 atom stereocenters. The summed E-state index contributed by atoms with van der Waals surface area (Å²) in [7, 11) is 2.44. The molecule has 0 radical (unpaired) electrons. The van der Waals surface area contributed by atoms with Crippen molar-refractivity contribution in [2.75, 3.05) is 34.0 Å². The number of ketones is 1. The molecule has 3 heterocycles. The summed E-state index contributed by atoms with van der Waals surface area (Å²) < 4.78 is 34.4. The van der Waals surface area contributed by atoms with E-state index in [0.717, 1.165) is 0 Å². The molecule has 2 saturated heterocycles. The van der Waals surface area contributed by atoms with E-state index in [1.54, 1.807) is 12.1 Å². The Morgan fingerprint density at radius 3 is 2.26 bits per heavy atom. The maximum absolute atomic E-state index is 13.5. The lowest BCUT2D eigenvalue weighted by atomic mass is 9.86. The summed E-state index contributed by atoms with van der Waals surface area (Å²) in [5.74, 6) is -1.89. The van der Waals surface area contributed by atoms with Gasteiger partial charge in [0.2, 0.25) is 5.75 Å². The van der Waals surface area contributed by atoms with Gasteiger partial charge in [-0.2, -0.15) is 0 Å². The van der Waals surface area contributed by atoms with Crippen molar-refractivity contribution in [1.82, 2.24) is 0 Å². The number of carbonyl (C=O) groups excluding carboxylic acids is 1. The number of aliphatic hydroxyl groups is 6. The zero-order valence-corrected chi connectivity index (χ0v) is 23.2. The summed E-state index contributed by atoms with van der Waals surface area (Å²) in [6.07, 6.45) is -12.7. The summed E-state index contributed by atoms with van der Waals surface area (Å²) in [5, 5.41) is 83.3. The molecule has 43 heavy (non-hydrogen) atoms. The van der Waals surface area contributed by atoms with Gasteiger partial charge < -0.3 is 69.3 Å². The lowest BCUT2D eigenvalue weighted by molar-refractivity contribution is -0.287. The highest BCUT2D eigenvalue weighted by molar-refractivity contribution is 6.04. The maximum Gasteiger partial charge on any atom is 0.204 e. The first kappa shape index (κ1) is 31.2. The number of benzene rings is 2. The third kappa shape index (κ3) is 5.26. The van der Waals surface area contributed by atoms with E-state index in [4.69, 9.17) is 28.4 Å². The van der Waals surface area contributed by atoms with Gasteiger partial charge in [-0.25, -0.2) is 0 Å². The van der Waals surface area contributed by atoms with E-state index in [0.29, 0.717) is 5.56 Å². The average Bonchev–Trinajstić information content (AvgIpc) is 3.28. The predicted molar refractivity (Wildman–Crippen MR) is 141 cm³/mol. The quantitative estimate of drug-likeness (QED) is 0.175. The molecule has 2 aromatic rings. The van der Waals surface area contributed by atoms with E-state index in [1.165, 1.54) is 26.4 Å². The highest BCUT2D eigenvalue weighted by Gasteiger charge is 2.54. The Morgan fingerprint density at radius 2 is 1.67 bits per heavy atom. The van der Waals surface area contributed by atoms with Crippen molar-refractivity contribution in [2.45, 2.75) is 61.0 Å². The lowest BCUT2D eigenvalue weighted by Crippen LogP contribution is -2.58. The van der Waals surface area contributed by atoms with Gasteiger partial charge in [-0.1, -0.05) is 12.1 Å². The monoisotopic (exact) mass is 610 g/mol. The summed E-state index contributed by atoms with van der Waals surface area (Å²) in [5.41, 5.74) is -1.98. The van der Waals surface area contributed by atoms with Crippen LogP contribution in [0.1, 0.15) is 40.1 Å². The fraction of sp³-hybridized carbons (Fsp3) is 0.536. The first-order valence-electron chi connectivity index (χ1n) is 13.4. The zero-order valence-electron chi connectivity index (χ0n) is 23.2. The molecule has 0 aliphatic carbocycles. The van der Waals surface area contributed by atoms with E-state index >= 15 is 0 Å². The van der Waals surface area contributed by atoms with Gasteiger partial charge >= 0.3 is 0 Å². The van der Waals surface area contributed by atoms with Crippen LogP contribution in [0.2, 0.25) is 0 Å². The number of hydrogen-bond acceptors (Lipinski definition) is 15. The summed E-state index contributed by atoms with van der Waals surface area (Å²) in [6.45, 7) is -2.16. The van der Waals surface area contributed by atoms with Crippen LogP contribution in [0, 0.1) is 0 Å². The van der Waals surface area contributed by atoms with Crippen LogP contribution < -0.4 is 14.2 Å². The van der Waals surface area contributed by atoms with Gasteiger partial charge in [-0.3, -0.25) is 4.79 Å². The highest BCUT2D eigenvalue weighted by atomic mass is 16.7. The van der Waals surface area contributed by atoms with Crippen LogP contribution in [-0.4, -0.2) is 123 Å². The van der Waals surface area contributed by atoms with Crippen LogP contribution in [-0.2, 0) is 14.2 Å². The molecule has 0 spiro atoms. The predicted octanol–water partition coefficient (Wildman–Crippen LogP) is -1.20. The van der Waals surface area contributed by atoms with Crippen molar-refractivity contribution >= 4 is 5.78 Å². The molecule has 0 unspecified atom stereocenters. The Kier molecular flexibility index (Phi) is 8.72. The van der Waals surface area contributed by atoms with Crippen LogP contribution in [0.15, 0.2) is 24.3 Å². The van der Waals surface area contributed by atoms with Crippen LogP contribution in [0.25, 0.3) is 0 Å². The van der Waals surface area contributed by atoms with Gasteiger partial charge in [-0.15, -0.1) is 0 Å². The second-order valence-electron chi connectivity index (χ2n) is 10.6. The van der Waals surface area contributed by atoms with E-state index in [1.807, 2.05) is 0 Å². The molecular formula is C28H34O15. The molecule has 15 nitrogen and oxygen atoms in total. The van der Waals surface area contributed by atoms with Gasteiger partial charge in [0.15, 0.2) is 23.6 Å². The molecule has 3 aliphatic heterocycles. The molecule has 3 aliphatic rings. The third-order valence-electron chi connectivity index (χ3n) is 7.98. The number of Topliss-reactive ketones (excluding diaryl/α,β-unsaturated/α-hetero) is 1. The lowest BCUT2D eigenvalue weighted by Gasteiger charge is -2.44. The number of carbonyl (C=O) groups is 1. The molecular weight excluding hydrogens is 576 g/mol. The number of ether oxygens (including phenoxy) is 6. The molecule has 5 rings (SSSR count). The highest BCUT2D eigenvalue weighted by Crippen LogP contribution is 2.56. The van der Waals surface area contributed by atoms with Crippen molar-refractivity contribution in [1.29, 1.82) is 0 Å². The first-order chi connectivity index (χ1) is 20.5. The summed E-state index contributed by atoms with van der Waals surface area (Å²) in [4.78, 5) is 13.5. The van der Waals surface area contributed by atoms with Gasteiger partial charge in [-0.05, 0) is 17.7 Å². The number of rotatable bonds is 8. The molecule has 15 heteroatoms. The normalized spacial score (nSPS) is 34.0. The summed E-state index contributed by atoms with van der Waals surface area (Å²) >= 11 is 0. The van der Waals surface area contributed by atoms with Gasteiger partial charge in [0, 0.05) is 0 Å². The van der Waals surface area contributed by atoms with Crippen LogP contribution in [0.5, 0.6) is 28.7 Å². The molecule has 2 fully saturated rings. The Balaban J connectivity index is 1.67. The Labute approximate surface area is 245 Å². The minimum Gasteiger partial charge on any atom is -0.508 e. The fourth-order valence-electron chi connectivity index (χ4n) is 5.59. The van der Waals surface area contributed by atoms with Gasteiger partial charge in [0.1, 0.15) is 65.4 Å². The molecule has 8 N–H and O–H groups in total. The minimum atomic E-state index is -2.08. The number of phenols is 2.